The second kappa shape index (κ2) is 9.36. The number of aryl methyl sites for hydroxylation is 1. The third-order valence-corrected chi connectivity index (χ3v) is 6.97. The van der Waals surface area contributed by atoms with Gasteiger partial charge in [0.15, 0.2) is 0 Å². The average Bonchev–Trinajstić information content (AvgIpc) is 2.74. The highest BCUT2D eigenvalue weighted by Gasteiger charge is 2.27. The van der Waals surface area contributed by atoms with Crippen molar-refractivity contribution in [2.75, 3.05) is 18.4 Å². The fourth-order valence-corrected chi connectivity index (χ4v) is 4.72. The summed E-state index contributed by atoms with van der Waals surface area (Å²) in [6, 6.07) is 9.38. The largest absolute Gasteiger partial charge is 0.341 e. The van der Waals surface area contributed by atoms with Crippen LogP contribution in [0.3, 0.4) is 0 Å². The summed E-state index contributed by atoms with van der Waals surface area (Å²) in [6.07, 6.45) is 1.08. The number of anilines is 1. The minimum Gasteiger partial charge on any atom is -0.338 e. The molecule has 2 amide bonds. The predicted octanol–water partition coefficient (Wildman–Crippen LogP) is 4.36. The van der Waals surface area contributed by atoms with E-state index in [1.807, 2.05) is 4.90 Å². The van der Waals surface area contributed by atoms with Gasteiger partial charge in [-0.25, -0.2) is 8.42 Å². The van der Waals surface area contributed by atoms with Crippen LogP contribution in [-0.4, -0.2) is 44.0 Å². The molecule has 0 aromatic heterocycles. The molecule has 2 aromatic rings. The molecule has 9 heteroatoms. The summed E-state index contributed by atoms with van der Waals surface area (Å²) >= 11 is 0. The molecule has 1 heterocycles. The fraction of sp³-hybridized carbons (Fsp3) is 0.391. The summed E-state index contributed by atoms with van der Waals surface area (Å²) in [4.78, 5) is 26.9. The number of amides is 2. The molecular formula is C23H26F2N2O4S. The highest BCUT2D eigenvalue weighted by atomic mass is 32.2. The Labute approximate surface area is 186 Å². The summed E-state index contributed by atoms with van der Waals surface area (Å²) in [5, 5.41) is 2.72. The van der Waals surface area contributed by atoms with Gasteiger partial charge in [0.05, 0.1) is 4.90 Å². The number of likely N-dealkylation sites (tertiary alicyclic amines) is 1. The van der Waals surface area contributed by atoms with E-state index in [-0.39, 0.29) is 11.5 Å². The van der Waals surface area contributed by atoms with Gasteiger partial charge in [-0.3, -0.25) is 9.59 Å². The fourth-order valence-electron chi connectivity index (χ4n) is 3.99. The molecule has 2 aromatic carbocycles. The monoisotopic (exact) mass is 464 g/mol. The van der Waals surface area contributed by atoms with Crippen LogP contribution in [0.15, 0.2) is 47.4 Å². The third kappa shape index (κ3) is 5.15. The van der Waals surface area contributed by atoms with E-state index in [4.69, 9.17) is 0 Å². The van der Waals surface area contributed by atoms with E-state index < -0.39 is 26.4 Å². The molecule has 0 bridgehead atoms. The second-order valence-corrected chi connectivity index (χ2v) is 10.4. The Morgan fingerprint density at radius 1 is 1.00 bits per heavy atom. The first-order chi connectivity index (χ1) is 15.0. The molecule has 3 rings (SSSR count). The van der Waals surface area contributed by atoms with E-state index >= 15 is 0 Å². The number of hydrogen-bond acceptors (Lipinski definition) is 4. The number of carbonyl (C=O) groups excluding carboxylic acids is 2. The summed E-state index contributed by atoms with van der Waals surface area (Å²) in [5.41, 5.74) is 1.76. The molecule has 0 spiro atoms. The molecule has 1 aliphatic heterocycles. The van der Waals surface area contributed by atoms with Gasteiger partial charge < -0.3 is 10.2 Å². The molecular weight excluding hydrogens is 438 g/mol. The topological polar surface area (TPSA) is 83.6 Å². The predicted molar refractivity (Wildman–Crippen MR) is 118 cm³/mol. The van der Waals surface area contributed by atoms with Crippen molar-refractivity contribution in [1.29, 1.82) is 0 Å². The molecule has 6 nitrogen and oxygen atoms in total. The Balaban J connectivity index is 1.77. The number of nitrogens with zero attached hydrogens (tertiary/aromatic N) is 1. The van der Waals surface area contributed by atoms with E-state index in [9.17, 15) is 26.8 Å². The van der Waals surface area contributed by atoms with E-state index in [1.165, 1.54) is 12.1 Å². The summed E-state index contributed by atoms with van der Waals surface area (Å²) in [7, 11) is -4.73. The van der Waals surface area contributed by atoms with Crippen molar-refractivity contribution >= 4 is 27.3 Å². The van der Waals surface area contributed by atoms with Crippen LogP contribution in [0.2, 0.25) is 0 Å². The summed E-state index contributed by atoms with van der Waals surface area (Å²) in [6.45, 7) is 7.40. The molecule has 172 valence electrons. The summed E-state index contributed by atoms with van der Waals surface area (Å²) < 4.78 is 48.4. The molecule has 2 unspecified atom stereocenters. The van der Waals surface area contributed by atoms with Crippen molar-refractivity contribution < 1.29 is 26.8 Å². The van der Waals surface area contributed by atoms with Crippen molar-refractivity contribution in [2.45, 2.75) is 37.8 Å². The van der Waals surface area contributed by atoms with E-state index in [2.05, 4.69) is 19.2 Å². The Morgan fingerprint density at radius 2 is 1.56 bits per heavy atom. The maximum absolute atomic E-state index is 13.0. The van der Waals surface area contributed by atoms with Crippen molar-refractivity contribution in [3.8, 4) is 0 Å². The smallest absolute Gasteiger partial charge is 0.338 e. The lowest BCUT2D eigenvalue weighted by Gasteiger charge is -2.35. The van der Waals surface area contributed by atoms with Crippen molar-refractivity contribution in [2.24, 2.45) is 11.8 Å². The van der Waals surface area contributed by atoms with Crippen LogP contribution in [0.1, 0.15) is 46.5 Å². The van der Waals surface area contributed by atoms with Gasteiger partial charge in [0.25, 0.3) is 11.8 Å². The van der Waals surface area contributed by atoms with Gasteiger partial charge in [0.1, 0.15) is 0 Å². The third-order valence-electron chi connectivity index (χ3n) is 5.57. The van der Waals surface area contributed by atoms with Crippen molar-refractivity contribution in [3.63, 3.8) is 0 Å². The van der Waals surface area contributed by atoms with E-state index in [0.29, 0.717) is 36.2 Å². The maximum atomic E-state index is 13.0. The molecule has 0 aliphatic carbocycles. The van der Waals surface area contributed by atoms with E-state index in [0.717, 1.165) is 24.1 Å². The Morgan fingerprint density at radius 3 is 2.12 bits per heavy atom. The first-order valence-corrected chi connectivity index (χ1v) is 11.9. The number of carbonyl (C=O) groups is 2. The Kier molecular flexibility index (Phi) is 6.97. The van der Waals surface area contributed by atoms with Crippen LogP contribution in [0, 0.1) is 18.8 Å². The maximum Gasteiger partial charge on any atom is 0.341 e. The quantitative estimate of drug-likeness (QED) is 0.713. The SMILES string of the molecule is Cc1ccc(C(=O)N2CC(C)CC(C)C2)cc1NC(=O)c1ccc(S(=O)(=O)C(F)F)cc1. The van der Waals surface area contributed by atoms with Crippen LogP contribution in [0.5, 0.6) is 0 Å². The van der Waals surface area contributed by atoms with Gasteiger partial charge in [-0.05, 0) is 67.1 Å². The molecule has 1 fully saturated rings. The van der Waals surface area contributed by atoms with E-state index in [1.54, 1.807) is 25.1 Å². The average molecular weight is 465 g/mol. The standard InChI is InChI=1S/C23H26F2N2O4S/c1-14-10-15(2)13-27(12-14)22(29)18-5-4-16(3)20(11-18)26-21(28)17-6-8-19(9-7-17)32(30,31)23(24)25/h4-9,11,14-15,23H,10,12-13H2,1-3H3,(H,26,28). The first kappa shape index (κ1) is 23.8. The number of sulfone groups is 1. The number of nitrogens with one attached hydrogen (secondary N) is 1. The lowest BCUT2D eigenvalue weighted by molar-refractivity contribution is 0.0623. The number of piperidine rings is 1. The lowest BCUT2D eigenvalue weighted by atomic mass is 9.91. The highest BCUT2D eigenvalue weighted by molar-refractivity contribution is 7.91. The first-order valence-electron chi connectivity index (χ1n) is 10.3. The second-order valence-electron chi connectivity index (χ2n) is 8.47. The zero-order chi connectivity index (χ0) is 23.6. The van der Waals surface area contributed by atoms with Gasteiger partial charge in [-0.2, -0.15) is 8.78 Å². The van der Waals surface area contributed by atoms with Crippen LogP contribution in [0.25, 0.3) is 0 Å². The molecule has 0 saturated carbocycles. The minimum atomic E-state index is -4.73. The minimum absolute atomic E-state index is 0.0968. The van der Waals surface area contributed by atoms with Crippen LogP contribution < -0.4 is 5.32 Å². The van der Waals surface area contributed by atoms with Crippen LogP contribution in [-0.2, 0) is 9.84 Å². The highest BCUT2D eigenvalue weighted by Crippen LogP contribution is 2.25. The summed E-state index contributed by atoms with van der Waals surface area (Å²) in [5.74, 6) is -3.33. The number of rotatable bonds is 5. The molecule has 1 saturated heterocycles. The normalized spacial score (nSPS) is 19.1. The Bertz CT molecular complexity index is 1110. The lowest BCUT2D eigenvalue weighted by Crippen LogP contribution is -2.42. The van der Waals surface area contributed by atoms with Gasteiger partial charge in [-0.1, -0.05) is 19.9 Å². The van der Waals surface area contributed by atoms with Gasteiger partial charge in [0.2, 0.25) is 9.84 Å². The van der Waals surface area contributed by atoms with Crippen molar-refractivity contribution in [3.05, 3.63) is 59.2 Å². The van der Waals surface area contributed by atoms with Gasteiger partial charge in [-0.15, -0.1) is 0 Å². The molecule has 1 N–H and O–H groups in total. The number of alkyl halides is 2. The van der Waals surface area contributed by atoms with Gasteiger partial charge >= 0.3 is 5.76 Å². The van der Waals surface area contributed by atoms with Crippen LogP contribution >= 0.6 is 0 Å². The molecule has 32 heavy (non-hydrogen) atoms. The zero-order valence-corrected chi connectivity index (χ0v) is 19.0. The number of halogens is 2. The number of hydrogen-bond donors (Lipinski definition) is 1. The van der Waals surface area contributed by atoms with Crippen LogP contribution in [0.4, 0.5) is 14.5 Å². The molecule has 2 atom stereocenters. The van der Waals surface area contributed by atoms with Crippen molar-refractivity contribution in [1.82, 2.24) is 4.90 Å². The molecule has 1 aliphatic rings. The van der Waals surface area contributed by atoms with Gasteiger partial charge in [0, 0.05) is 29.9 Å². The zero-order valence-electron chi connectivity index (χ0n) is 18.1. The number of benzene rings is 2. The molecule has 0 radical (unpaired) electrons. The Hall–Kier alpha value is -2.81.